The molecule has 0 radical (unpaired) electrons. The van der Waals surface area contributed by atoms with E-state index in [2.05, 4.69) is 10.5 Å². The Morgan fingerprint density at radius 3 is 2.57 bits per heavy atom. The zero-order chi connectivity index (χ0) is 20.7. The lowest BCUT2D eigenvalue weighted by Gasteiger charge is -2.18. The highest BCUT2D eigenvalue weighted by molar-refractivity contribution is 7.89. The molecule has 1 amide bonds. The lowest BCUT2D eigenvalue weighted by Crippen LogP contribution is -2.36. The van der Waals surface area contributed by atoms with Gasteiger partial charge in [0.2, 0.25) is 10.0 Å². The zero-order valence-corrected chi connectivity index (χ0v) is 17.1. The molecule has 0 aliphatic heterocycles. The molecule has 0 atom stereocenters. The number of amides is 1. The summed E-state index contributed by atoms with van der Waals surface area (Å²) in [5, 5.41) is 4.27. The van der Waals surface area contributed by atoms with Crippen molar-refractivity contribution in [3.05, 3.63) is 53.1 Å². The Morgan fingerprint density at radius 2 is 1.93 bits per heavy atom. The smallest absolute Gasteiger partial charge is 0.255 e. The third-order valence-electron chi connectivity index (χ3n) is 3.72. The van der Waals surface area contributed by atoms with Gasteiger partial charge in [-0.15, -0.1) is 0 Å². The van der Waals surface area contributed by atoms with Gasteiger partial charge in [-0.3, -0.25) is 4.79 Å². The van der Waals surface area contributed by atoms with Gasteiger partial charge in [0.05, 0.1) is 27.0 Å². The van der Waals surface area contributed by atoms with Crippen molar-refractivity contribution in [1.82, 2.24) is 9.73 Å². The van der Waals surface area contributed by atoms with Gasteiger partial charge in [-0.05, 0) is 18.2 Å². The fourth-order valence-electron chi connectivity index (χ4n) is 2.23. The van der Waals surface area contributed by atoms with Crippen LogP contribution in [0.2, 0.25) is 5.02 Å². The topological polar surface area (TPSA) is 97.3 Å². The van der Waals surface area contributed by atoms with Gasteiger partial charge in [-0.1, -0.05) is 29.8 Å². The number of benzene rings is 2. The lowest BCUT2D eigenvalue weighted by atomic mass is 10.2. The summed E-state index contributed by atoms with van der Waals surface area (Å²) in [5.74, 6) is -0.123. The summed E-state index contributed by atoms with van der Waals surface area (Å²) in [7, 11) is 0.0656. The number of nitrogens with zero attached hydrogens (tertiary/aromatic N) is 2. The van der Waals surface area contributed by atoms with Crippen LogP contribution in [0.1, 0.15) is 5.56 Å². The van der Waals surface area contributed by atoms with Crippen LogP contribution in [0.4, 0.5) is 0 Å². The quantitative estimate of drug-likeness (QED) is 0.516. The van der Waals surface area contributed by atoms with E-state index in [1.165, 1.54) is 39.6 Å². The number of likely N-dealkylation sites (N-methyl/N-ethyl adjacent to an activating group) is 1. The summed E-state index contributed by atoms with van der Waals surface area (Å²) in [6, 6.07) is 11.3. The van der Waals surface area contributed by atoms with E-state index >= 15 is 0 Å². The van der Waals surface area contributed by atoms with Gasteiger partial charge in [0.25, 0.3) is 5.91 Å². The second kappa shape index (κ2) is 9.54. The fraction of sp³-hybridized carbons (Fsp3) is 0.222. The number of nitrogens with one attached hydrogen (secondary N) is 1. The van der Waals surface area contributed by atoms with Gasteiger partial charge in [0, 0.05) is 23.7 Å². The lowest BCUT2D eigenvalue weighted by molar-refractivity contribution is -0.121. The van der Waals surface area contributed by atoms with E-state index in [1.54, 1.807) is 30.3 Å². The van der Waals surface area contributed by atoms with Crippen molar-refractivity contribution in [2.45, 2.75) is 4.90 Å². The molecule has 2 aromatic rings. The first-order valence-electron chi connectivity index (χ1n) is 8.04. The Balaban J connectivity index is 2.10. The first-order valence-corrected chi connectivity index (χ1v) is 9.86. The van der Waals surface area contributed by atoms with E-state index in [9.17, 15) is 13.2 Å². The van der Waals surface area contributed by atoms with Crippen LogP contribution < -0.4 is 14.9 Å². The van der Waals surface area contributed by atoms with Gasteiger partial charge < -0.3 is 9.47 Å². The van der Waals surface area contributed by atoms with Crippen LogP contribution in [0.5, 0.6) is 11.5 Å². The van der Waals surface area contributed by atoms with Crippen LogP contribution in [0.25, 0.3) is 0 Å². The molecular formula is C18H20ClN3O5S. The van der Waals surface area contributed by atoms with Crippen LogP contribution in [-0.2, 0) is 14.8 Å². The highest BCUT2D eigenvalue weighted by Gasteiger charge is 2.27. The van der Waals surface area contributed by atoms with Crippen LogP contribution in [0.15, 0.2) is 52.5 Å². The summed E-state index contributed by atoms with van der Waals surface area (Å²) in [4.78, 5) is 12.0. The zero-order valence-electron chi connectivity index (χ0n) is 15.5. The molecule has 10 heteroatoms. The predicted octanol–water partition coefficient (Wildman–Crippen LogP) is 2.13. The minimum absolute atomic E-state index is 0.107. The molecule has 0 saturated carbocycles. The molecule has 8 nitrogen and oxygen atoms in total. The summed E-state index contributed by atoms with van der Waals surface area (Å²) < 4.78 is 36.7. The molecule has 0 unspecified atom stereocenters. The molecule has 0 aromatic heterocycles. The summed E-state index contributed by atoms with van der Waals surface area (Å²) in [5.41, 5.74) is 2.89. The molecule has 0 aliphatic carbocycles. The number of hydrazone groups is 1. The third kappa shape index (κ3) is 5.22. The average Bonchev–Trinajstić information content (AvgIpc) is 2.68. The molecular weight excluding hydrogens is 406 g/mol. The number of methoxy groups -OCH3 is 2. The number of carbonyl (C=O) groups is 1. The average molecular weight is 426 g/mol. The van der Waals surface area contributed by atoms with Gasteiger partial charge >= 0.3 is 0 Å². The van der Waals surface area contributed by atoms with Crippen LogP contribution in [0, 0.1) is 0 Å². The van der Waals surface area contributed by atoms with Crippen LogP contribution in [-0.4, -0.2) is 52.7 Å². The molecule has 0 saturated heterocycles. The monoisotopic (exact) mass is 425 g/mol. The summed E-state index contributed by atoms with van der Waals surface area (Å²) in [6.45, 7) is -0.442. The molecule has 0 fully saturated rings. The van der Waals surface area contributed by atoms with E-state index in [4.69, 9.17) is 21.1 Å². The Kier molecular flexibility index (Phi) is 7.38. The Hall–Kier alpha value is -2.62. The Bertz CT molecular complexity index is 979. The van der Waals surface area contributed by atoms with Gasteiger partial charge in [0.15, 0.2) is 0 Å². The van der Waals surface area contributed by atoms with E-state index < -0.39 is 22.5 Å². The van der Waals surface area contributed by atoms with Crippen molar-refractivity contribution in [3.8, 4) is 11.5 Å². The number of ether oxygens (including phenoxy) is 2. The van der Waals surface area contributed by atoms with Gasteiger partial charge in [-0.25, -0.2) is 13.8 Å². The SMILES string of the molecule is COc1ccc(OC)c(S(=O)(=O)N(C)CC(=O)NN=Cc2ccccc2Cl)c1. The highest BCUT2D eigenvalue weighted by atomic mass is 35.5. The fourth-order valence-corrected chi connectivity index (χ4v) is 3.71. The maximum Gasteiger partial charge on any atom is 0.255 e. The maximum atomic E-state index is 12.8. The molecule has 2 rings (SSSR count). The second-order valence-electron chi connectivity index (χ2n) is 5.59. The minimum Gasteiger partial charge on any atom is -0.497 e. The van der Waals surface area contributed by atoms with Gasteiger partial charge in [0.1, 0.15) is 16.4 Å². The number of hydrogen-bond donors (Lipinski definition) is 1. The van der Waals surface area contributed by atoms with Crippen molar-refractivity contribution in [2.24, 2.45) is 5.10 Å². The second-order valence-corrected chi connectivity index (χ2v) is 8.01. The van der Waals surface area contributed by atoms with Crippen molar-refractivity contribution in [3.63, 3.8) is 0 Å². The van der Waals surface area contributed by atoms with Crippen molar-refractivity contribution in [2.75, 3.05) is 27.8 Å². The normalized spacial score (nSPS) is 11.6. The summed E-state index contributed by atoms with van der Waals surface area (Å²) in [6.07, 6.45) is 1.37. The molecule has 0 spiro atoms. The van der Waals surface area contributed by atoms with Crippen molar-refractivity contribution < 1.29 is 22.7 Å². The molecule has 150 valence electrons. The van der Waals surface area contributed by atoms with E-state index in [0.717, 1.165) is 4.31 Å². The molecule has 0 bridgehead atoms. The number of sulfonamides is 1. The third-order valence-corrected chi connectivity index (χ3v) is 5.89. The Morgan fingerprint density at radius 1 is 1.21 bits per heavy atom. The molecule has 0 aliphatic rings. The van der Waals surface area contributed by atoms with E-state index in [-0.39, 0.29) is 10.6 Å². The summed E-state index contributed by atoms with van der Waals surface area (Å²) >= 11 is 5.99. The van der Waals surface area contributed by atoms with E-state index in [1.807, 2.05) is 0 Å². The first kappa shape index (κ1) is 21.7. The standard InChI is InChI=1S/C18H20ClN3O5S/c1-22(12-18(23)21-20-11-13-6-4-5-7-15(13)19)28(24,25)17-10-14(26-2)8-9-16(17)27-3/h4-11H,12H2,1-3H3,(H,21,23). The van der Waals surface area contributed by atoms with Crippen molar-refractivity contribution >= 4 is 33.7 Å². The number of halogens is 1. The predicted molar refractivity (Wildman–Crippen MR) is 107 cm³/mol. The van der Waals surface area contributed by atoms with Crippen molar-refractivity contribution in [1.29, 1.82) is 0 Å². The number of rotatable bonds is 8. The number of hydrogen-bond acceptors (Lipinski definition) is 6. The molecule has 2 aromatic carbocycles. The highest BCUT2D eigenvalue weighted by Crippen LogP contribution is 2.30. The van der Waals surface area contributed by atoms with Crippen LogP contribution in [0.3, 0.4) is 0 Å². The first-order chi connectivity index (χ1) is 13.3. The maximum absolute atomic E-state index is 12.8. The van der Waals surface area contributed by atoms with Gasteiger partial charge in [-0.2, -0.15) is 9.41 Å². The molecule has 1 N–H and O–H groups in total. The molecule has 28 heavy (non-hydrogen) atoms. The molecule has 0 heterocycles. The number of carbonyl (C=O) groups excluding carboxylic acids is 1. The van der Waals surface area contributed by atoms with E-state index in [0.29, 0.717) is 16.3 Å². The minimum atomic E-state index is -4.00. The van der Waals surface area contributed by atoms with Crippen LogP contribution >= 0.6 is 11.6 Å². The Labute approximate surface area is 168 Å². The largest absolute Gasteiger partial charge is 0.497 e.